The van der Waals surface area contributed by atoms with Crippen LogP contribution in [-0.4, -0.2) is 16.1 Å². The number of halogens is 3. The molecule has 4 nitrogen and oxygen atoms in total. The molecule has 1 aromatic heterocycles. The van der Waals surface area contributed by atoms with Crippen molar-refractivity contribution in [3.8, 4) is 11.1 Å². The molecule has 2 N–H and O–H groups in total. The molecule has 0 bridgehead atoms. The molecule has 0 atom stereocenters. The first-order valence-corrected chi connectivity index (χ1v) is 6.61. The van der Waals surface area contributed by atoms with Crippen molar-refractivity contribution in [2.45, 2.75) is 6.42 Å². The maximum Gasteiger partial charge on any atom is 0.309 e. The number of nitrogens with one attached hydrogen (secondary N) is 1. The number of pyridine rings is 1. The van der Waals surface area contributed by atoms with E-state index < -0.39 is 11.5 Å². The summed E-state index contributed by atoms with van der Waals surface area (Å²) < 4.78 is 0. The van der Waals surface area contributed by atoms with Crippen molar-refractivity contribution in [1.82, 2.24) is 4.98 Å². The largest absolute Gasteiger partial charge is 0.481 e. The lowest BCUT2D eigenvalue weighted by Crippen LogP contribution is -2.14. The Labute approximate surface area is 128 Å². The molecule has 0 radical (unpaired) electrons. The molecule has 104 valence electrons. The predicted molar refractivity (Wildman–Crippen MR) is 78.9 cm³/mol. The van der Waals surface area contributed by atoms with E-state index in [9.17, 15) is 9.59 Å². The monoisotopic (exact) mass is 331 g/mol. The first-order chi connectivity index (χ1) is 9.40. The highest BCUT2D eigenvalue weighted by Gasteiger charge is 2.15. The minimum absolute atomic E-state index is 0.177. The maximum absolute atomic E-state index is 12.0. The molecule has 0 aliphatic heterocycles. The van der Waals surface area contributed by atoms with Crippen LogP contribution in [0.15, 0.2) is 29.1 Å². The first kappa shape index (κ1) is 14.9. The lowest BCUT2D eigenvalue weighted by atomic mass is 10.1. The summed E-state index contributed by atoms with van der Waals surface area (Å²) in [5.74, 6) is -1.03. The first-order valence-electron chi connectivity index (χ1n) is 5.48. The number of carbonyl (C=O) groups is 1. The summed E-state index contributed by atoms with van der Waals surface area (Å²) in [6.07, 6.45) is -0.271. The van der Waals surface area contributed by atoms with Crippen LogP contribution in [0.1, 0.15) is 5.69 Å². The third-order valence-electron chi connectivity index (χ3n) is 2.62. The molecule has 1 aromatic carbocycles. The van der Waals surface area contributed by atoms with E-state index in [1.54, 1.807) is 0 Å². The van der Waals surface area contributed by atoms with Gasteiger partial charge in [-0.05, 0) is 24.3 Å². The highest BCUT2D eigenvalue weighted by atomic mass is 35.5. The summed E-state index contributed by atoms with van der Waals surface area (Å²) in [6.45, 7) is 0. The van der Waals surface area contributed by atoms with Crippen LogP contribution >= 0.6 is 34.8 Å². The van der Waals surface area contributed by atoms with Gasteiger partial charge in [0.15, 0.2) is 0 Å². The molecule has 0 saturated heterocycles. The Bertz CT molecular complexity index is 740. The van der Waals surface area contributed by atoms with Crippen LogP contribution in [0.5, 0.6) is 0 Å². The molecule has 0 fully saturated rings. The van der Waals surface area contributed by atoms with Crippen molar-refractivity contribution in [2.24, 2.45) is 0 Å². The number of hydrogen-bond acceptors (Lipinski definition) is 2. The number of aliphatic carboxylic acids is 1. The summed E-state index contributed by atoms with van der Waals surface area (Å²) in [4.78, 5) is 25.1. The summed E-state index contributed by atoms with van der Waals surface area (Å²) in [5, 5.41) is 9.43. The summed E-state index contributed by atoms with van der Waals surface area (Å²) >= 11 is 18.0. The van der Waals surface area contributed by atoms with E-state index in [1.165, 1.54) is 24.3 Å². The Morgan fingerprint density at radius 2 is 1.75 bits per heavy atom. The van der Waals surface area contributed by atoms with E-state index in [0.717, 1.165) is 0 Å². The quantitative estimate of drug-likeness (QED) is 0.843. The second kappa shape index (κ2) is 5.87. The molecule has 2 aromatic rings. The normalized spacial score (nSPS) is 10.6. The molecule has 0 unspecified atom stereocenters. The number of H-pyrrole nitrogens is 1. The van der Waals surface area contributed by atoms with Gasteiger partial charge in [0.2, 0.25) is 0 Å². The van der Waals surface area contributed by atoms with Gasteiger partial charge in [-0.25, -0.2) is 0 Å². The van der Waals surface area contributed by atoms with Crippen molar-refractivity contribution in [2.75, 3.05) is 0 Å². The standard InChI is InChI=1S/C13H8Cl3NO3/c14-8-3-4-9(15)12(16)11(8)7-2-1-6(5-10(18)19)17-13(7)20/h1-4H,5H2,(H,17,20)(H,18,19). The number of aromatic amines is 1. The third kappa shape index (κ3) is 2.98. The number of carboxylic acids is 1. The number of hydrogen-bond donors (Lipinski definition) is 2. The van der Waals surface area contributed by atoms with E-state index in [-0.39, 0.29) is 27.1 Å². The minimum atomic E-state index is -1.03. The molecule has 0 aliphatic carbocycles. The number of carboxylic acid groups (broad SMARTS) is 1. The van der Waals surface area contributed by atoms with E-state index in [4.69, 9.17) is 39.9 Å². The zero-order valence-corrected chi connectivity index (χ0v) is 12.2. The third-order valence-corrected chi connectivity index (χ3v) is 3.74. The summed E-state index contributed by atoms with van der Waals surface area (Å²) in [5.41, 5.74) is 0.371. The Morgan fingerprint density at radius 3 is 2.35 bits per heavy atom. The Kier molecular flexibility index (Phi) is 4.38. The van der Waals surface area contributed by atoms with E-state index >= 15 is 0 Å². The lowest BCUT2D eigenvalue weighted by molar-refractivity contribution is -0.136. The van der Waals surface area contributed by atoms with E-state index in [2.05, 4.69) is 4.98 Å². The van der Waals surface area contributed by atoms with Crippen LogP contribution in [0.2, 0.25) is 15.1 Å². The van der Waals surface area contributed by atoms with Crippen LogP contribution in [0.25, 0.3) is 11.1 Å². The van der Waals surface area contributed by atoms with Gasteiger partial charge >= 0.3 is 5.97 Å². The minimum Gasteiger partial charge on any atom is -0.481 e. The van der Waals surface area contributed by atoms with Gasteiger partial charge in [0.1, 0.15) is 0 Å². The smallest absolute Gasteiger partial charge is 0.309 e. The fourth-order valence-corrected chi connectivity index (χ4v) is 2.48. The van der Waals surface area contributed by atoms with Crippen molar-refractivity contribution in [3.63, 3.8) is 0 Å². The van der Waals surface area contributed by atoms with Crippen LogP contribution < -0.4 is 5.56 Å². The van der Waals surface area contributed by atoms with Crippen molar-refractivity contribution in [1.29, 1.82) is 0 Å². The van der Waals surface area contributed by atoms with Gasteiger partial charge < -0.3 is 10.1 Å². The van der Waals surface area contributed by atoms with E-state index in [1.807, 2.05) is 0 Å². The number of rotatable bonds is 3. The van der Waals surface area contributed by atoms with Crippen LogP contribution in [-0.2, 0) is 11.2 Å². The topological polar surface area (TPSA) is 70.2 Å². The number of benzene rings is 1. The van der Waals surface area contributed by atoms with Gasteiger partial charge in [-0.15, -0.1) is 0 Å². The van der Waals surface area contributed by atoms with Crippen molar-refractivity contribution >= 4 is 40.8 Å². The molecule has 0 amide bonds. The second-order valence-corrected chi connectivity index (χ2v) is 5.21. The molecular formula is C13H8Cl3NO3. The van der Waals surface area contributed by atoms with Crippen molar-refractivity contribution in [3.05, 3.63) is 55.4 Å². The molecule has 0 spiro atoms. The lowest BCUT2D eigenvalue weighted by Gasteiger charge is -2.08. The maximum atomic E-state index is 12.0. The van der Waals surface area contributed by atoms with Gasteiger partial charge in [0, 0.05) is 11.3 Å². The highest BCUT2D eigenvalue weighted by molar-refractivity contribution is 6.46. The van der Waals surface area contributed by atoms with Crippen LogP contribution in [0.3, 0.4) is 0 Å². The Morgan fingerprint density at radius 1 is 1.10 bits per heavy atom. The van der Waals surface area contributed by atoms with Crippen LogP contribution in [0, 0.1) is 0 Å². The average Bonchev–Trinajstić information content (AvgIpc) is 2.36. The zero-order chi connectivity index (χ0) is 14.9. The second-order valence-electron chi connectivity index (χ2n) is 4.02. The van der Waals surface area contributed by atoms with Crippen LogP contribution in [0.4, 0.5) is 0 Å². The van der Waals surface area contributed by atoms with Gasteiger partial charge in [-0.2, -0.15) is 0 Å². The van der Waals surface area contributed by atoms with Gasteiger partial charge in [-0.1, -0.05) is 34.8 Å². The summed E-state index contributed by atoms with van der Waals surface area (Å²) in [7, 11) is 0. The Balaban J connectivity index is 2.58. The van der Waals surface area contributed by atoms with Gasteiger partial charge in [0.25, 0.3) is 5.56 Å². The Hall–Kier alpha value is -1.49. The molecule has 0 aliphatic rings. The molecule has 1 heterocycles. The van der Waals surface area contributed by atoms with Gasteiger partial charge in [0.05, 0.1) is 27.1 Å². The molecule has 7 heteroatoms. The fourth-order valence-electron chi connectivity index (χ4n) is 1.75. The number of aromatic nitrogens is 1. The van der Waals surface area contributed by atoms with Gasteiger partial charge in [-0.3, -0.25) is 9.59 Å². The van der Waals surface area contributed by atoms with Crippen molar-refractivity contribution < 1.29 is 9.90 Å². The van der Waals surface area contributed by atoms with E-state index in [0.29, 0.717) is 11.3 Å². The predicted octanol–water partition coefficient (Wildman–Crippen LogP) is 3.63. The average molecular weight is 333 g/mol. The SMILES string of the molecule is O=C(O)Cc1ccc(-c2c(Cl)ccc(Cl)c2Cl)c(=O)[nH]1. The fraction of sp³-hybridized carbons (Fsp3) is 0.0769. The molecule has 0 saturated carbocycles. The molecular weight excluding hydrogens is 325 g/mol. The molecule has 20 heavy (non-hydrogen) atoms. The summed E-state index contributed by atoms with van der Waals surface area (Å²) in [6, 6.07) is 6.04. The zero-order valence-electron chi connectivity index (χ0n) is 9.91. The molecule has 2 rings (SSSR count). The highest BCUT2D eigenvalue weighted by Crippen LogP contribution is 2.37.